The summed E-state index contributed by atoms with van der Waals surface area (Å²) in [4.78, 5) is 39.3. The molecule has 0 saturated carbocycles. The first-order chi connectivity index (χ1) is 14.5. The number of anilines is 1. The number of para-hydroxylation sites is 1. The molecule has 0 saturated heterocycles. The van der Waals surface area contributed by atoms with E-state index in [-0.39, 0.29) is 12.5 Å². The SMILES string of the molecule is CSCCC(NC(=O)c1ccc(Cl)cc1)C(=O)OCC(=O)N1CCc2ccccc21. The zero-order valence-corrected chi connectivity index (χ0v) is 18.2. The molecule has 0 aromatic heterocycles. The summed E-state index contributed by atoms with van der Waals surface area (Å²) in [6.45, 7) is 0.207. The predicted octanol–water partition coefficient (Wildman–Crippen LogP) is 3.32. The van der Waals surface area contributed by atoms with Gasteiger partial charge in [0.15, 0.2) is 6.61 Å². The molecule has 0 spiro atoms. The van der Waals surface area contributed by atoms with Crippen molar-refractivity contribution < 1.29 is 19.1 Å². The number of thioether (sulfide) groups is 1. The number of rotatable bonds is 8. The van der Waals surface area contributed by atoms with E-state index in [1.54, 1.807) is 40.9 Å². The van der Waals surface area contributed by atoms with Gasteiger partial charge in [-0.25, -0.2) is 4.79 Å². The van der Waals surface area contributed by atoms with E-state index in [0.29, 0.717) is 29.3 Å². The Balaban J connectivity index is 1.59. The van der Waals surface area contributed by atoms with Gasteiger partial charge in [-0.05, 0) is 60.7 Å². The number of nitrogens with one attached hydrogen (secondary N) is 1. The van der Waals surface area contributed by atoms with Crippen molar-refractivity contribution in [3.8, 4) is 0 Å². The molecule has 158 valence electrons. The number of benzene rings is 2. The predicted molar refractivity (Wildman–Crippen MR) is 119 cm³/mol. The van der Waals surface area contributed by atoms with Crippen molar-refractivity contribution in [2.45, 2.75) is 18.9 Å². The van der Waals surface area contributed by atoms with Crippen molar-refractivity contribution in [3.63, 3.8) is 0 Å². The molecule has 0 radical (unpaired) electrons. The van der Waals surface area contributed by atoms with Crippen LogP contribution in [-0.2, 0) is 20.7 Å². The summed E-state index contributed by atoms with van der Waals surface area (Å²) in [7, 11) is 0. The molecule has 0 bridgehead atoms. The van der Waals surface area contributed by atoms with Crippen molar-refractivity contribution in [2.75, 3.05) is 30.1 Å². The Morgan fingerprint density at radius 1 is 1.17 bits per heavy atom. The lowest BCUT2D eigenvalue weighted by molar-refractivity contribution is -0.149. The third kappa shape index (κ3) is 5.55. The molecular formula is C22H23ClN2O4S. The van der Waals surface area contributed by atoms with Crippen molar-refractivity contribution in [1.29, 1.82) is 0 Å². The molecule has 2 aromatic carbocycles. The molecule has 8 heteroatoms. The van der Waals surface area contributed by atoms with Crippen LogP contribution in [0.2, 0.25) is 5.02 Å². The molecule has 1 heterocycles. The average molecular weight is 447 g/mol. The van der Waals surface area contributed by atoms with Gasteiger partial charge in [0.05, 0.1) is 0 Å². The summed E-state index contributed by atoms with van der Waals surface area (Å²) in [5.74, 6) is -0.628. The zero-order valence-electron chi connectivity index (χ0n) is 16.6. The maximum Gasteiger partial charge on any atom is 0.329 e. The number of hydrogen-bond donors (Lipinski definition) is 1. The van der Waals surface area contributed by atoms with E-state index < -0.39 is 17.9 Å². The first-order valence-electron chi connectivity index (χ1n) is 9.60. The molecule has 1 unspecified atom stereocenters. The van der Waals surface area contributed by atoms with E-state index in [1.807, 2.05) is 30.5 Å². The second-order valence-corrected chi connectivity index (χ2v) is 8.27. The molecule has 0 fully saturated rings. The van der Waals surface area contributed by atoms with Crippen molar-refractivity contribution in [1.82, 2.24) is 5.32 Å². The fraction of sp³-hybridized carbons (Fsp3) is 0.318. The van der Waals surface area contributed by atoms with Crippen LogP contribution in [0.1, 0.15) is 22.3 Å². The fourth-order valence-corrected chi connectivity index (χ4v) is 3.83. The molecule has 3 rings (SSSR count). The second kappa shape index (κ2) is 10.5. The van der Waals surface area contributed by atoms with Crippen LogP contribution < -0.4 is 10.2 Å². The zero-order chi connectivity index (χ0) is 21.5. The number of hydrogen-bond acceptors (Lipinski definition) is 5. The lowest BCUT2D eigenvalue weighted by Gasteiger charge is -2.20. The largest absolute Gasteiger partial charge is 0.454 e. The maximum absolute atomic E-state index is 12.6. The first kappa shape index (κ1) is 22.2. The van der Waals surface area contributed by atoms with Crippen LogP contribution in [0, 0.1) is 0 Å². The summed E-state index contributed by atoms with van der Waals surface area (Å²) in [5.41, 5.74) is 2.35. The van der Waals surface area contributed by atoms with Gasteiger partial charge < -0.3 is 15.0 Å². The summed E-state index contributed by atoms with van der Waals surface area (Å²) >= 11 is 7.41. The van der Waals surface area contributed by atoms with Gasteiger partial charge in [0.2, 0.25) is 0 Å². The Morgan fingerprint density at radius 3 is 2.63 bits per heavy atom. The first-order valence-corrected chi connectivity index (χ1v) is 11.4. The highest BCUT2D eigenvalue weighted by Gasteiger charge is 2.27. The molecule has 2 aromatic rings. The Bertz CT molecular complexity index is 920. The Morgan fingerprint density at radius 2 is 1.90 bits per heavy atom. The molecule has 30 heavy (non-hydrogen) atoms. The van der Waals surface area contributed by atoms with E-state index in [9.17, 15) is 14.4 Å². The highest BCUT2D eigenvalue weighted by atomic mass is 35.5. The quantitative estimate of drug-likeness (QED) is 0.629. The molecule has 1 N–H and O–H groups in total. The minimum atomic E-state index is -0.834. The van der Waals surface area contributed by atoms with Crippen LogP contribution in [0.5, 0.6) is 0 Å². The molecule has 1 aliphatic heterocycles. The summed E-state index contributed by atoms with van der Waals surface area (Å²) < 4.78 is 5.27. The number of nitrogens with zero attached hydrogens (tertiary/aromatic N) is 1. The highest BCUT2D eigenvalue weighted by molar-refractivity contribution is 7.98. The van der Waals surface area contributed by atoms with Gasteiger partial charge in [-0.3, -0.25) is 9.59 Å². The standard InChI is InChI=1S/C22H23ClN2O4S/c1-30-13-11-18(24-21(27)16-6-8-17(23)9-7-16)22(28)29-14-20(26)25-12-10-15-4-2-3-5-19(15)25/h2-9,18H,10-14H2,1H3,(H,24,27). The second-order valence-electron chi connectivity index (χ2n) is 6.85. The van der Waals surface area contributed by atoms with Crippen LogP contribution in [0.4, 0.5) is 5.69 Å². The minimum Gasteiger partial charge on any atom is -0.454 e. The topological polar surface area (TPSA) is 75.7 Å². The van der Waals surface area contributed by atoms with E-state index >= 15 is 0 Å². The number of carbonyl (C=O) groups excluding carboxylic acids is 3. The normalized spacial score (nSPS) is 13.5. The van der Waals surface area contributed by atoms with E-state index in [1.165, 1.54) is 0 Å². The van der Waals surface area contributed by atoms with Gasteiger partial charge in [-0.1, -0.05) is 29.8 Å². The van der Waals surface area contributed by atoms with Gasteiger partial charge in [0.25, 0.3) is 11.8 Å². The van der Waals surface area contributed by atoms with Crippen LogP contribution >= 0.6 is 23.4 Å². The van der Waals surface area contributed by atoms with Crippen LogP contribution in [0.15, 0.2) is 48.5 Å². The van der Waals surface area contributed by atoms with Gasteiger partial charge in [-0.15, -0.1) is 0 Å². The van der Waals surface area contributed by atoms with Crippen molar-refractivity contribution >= 4 is 46.8 Å². The fourth-order valence-electron chi connectivity index (χ4n) is 3.24. The van der Waals surface area contributed by atoms with Gasteiger partial charge >= 0.3 is 5.97 Å². The van der Waals surface area contributed by atoms with Crippen LogP contribution in [-0.4, -0.2) is 49.0 Å². The third-order valence-corrected chi connectivity index (χ3v) is 5.73. The third-order valence-electron chi connectivity index (χ3n) is 4.83. The average Bonchev–Trinajstić information content (AvgIpc) is 3.19. The summed E-state index contributed by atoms with van der Waals surface area (Å²) in [5, 5.41) is 3.22. The molecule has 0 aliphatic carbocycles. The van der Waals surface area contributed by atoms with Gasteiger partial charge in [0.1, 0.15) is 6.04 Å². The highest BCUT2D eigenvalue weighted by Crippen LogP contribution is 2.27. The Hall–Kier alpha value is -2.51. The maximum atomic E-state index is 12.6. The summed E-state index contributed by atoms with van der Waals surface area (Å²) in [6.07, 6.45) is 3.10. The number of halogens is 1. The Labute approximate surface area is 184 Å². The Kier molecular flexibility index (Phi) is 7.76. The smallest absolute Gasteiger partial charge is 0.329 e. The number of ether oxygens (including phenoxy) is 1. The summed E-state index contributed by atoms with van der Waals surface area (Å²) in [6, 6.07) is 13.2. The van der Waals surface area contributed by atoms with Gasteiger partial charge in [0, 0.05) is 22.8 Å². The number of esters is 1. The monoisotopic (exact) mass is 446 g/mol. The lowest BCUT2D eigenvalue weighted by atomic mass is 10.1. The molecule has 2 amide bonds. The van der Waals surface area contributed by atoms with Crippen molar-refractivity contribution in [2.24, 2.45) is 0 Å². The van der Waals surface area contributed by atoms with E-state index in [4.69, 9.17) is 16.3 Å². The van der Waals surface area contributed by atoms with Crippen LogP contribution in [0.25, 0.3) is 0 Å². The van der Waals surface area contributed by atoms with Crippen LogP contribution in [0.3, 0.4) is 0 Å². The molecule has 6 nitrogen and oxygen atoms in total. The molecular weight excluding hydrogens is 424 g/mol. The number of amides is 2. The lowest BCUT2D eigenvalue weighted by Crippen LogP contribution is -2.43. The van der Waals surface area contributed by atoms with Crippen molar-refractivity contribution in [3.05, 3.63) is 64.7 Å². The number of fused-ring (bicyclic) bond motifs is 1. The number of carbonyl (C=O) groups is 3. The molecule has 1 aliphatic rings. The van der Waals surface area contributed by atoms with Gasteiger partial charge in [-0.2, -0.15) is 11.8 Å². The molecule has 1 atom stereocenters. The van der Waals surface area contributed by atoms with E-state index in [0.717, 1.165) is 17.7 Å². The van der Waals surface area contributed by atoms with E-state index in [2.05, 4.69) is 5.32 Å². The minimum absolute atomic E-state index is 0.277.